The van der Waals surface area contributed by atoms with Gasteiger partial charge in [-0.2, -0.15) is 8.78 Å². The van der Waals surface area contributed by atoms with Gasteiger partial charge in [0.1, 0.15) is 0 Å². The van der Waals surface area contributed by atoms with Crippen molar-refractivity contribution in [1.82, 2.24) is 0 Å². The monoisotopic (exact) mass is 352 g/mol. The normalized spacial score (nSPS) is 11.9. The third kappa shape index (κ3) is 3.07. The Morgan fingerprint density at radius 2 is 1.46 bits per heavy atom. The molecule has 1 N–H and O–H groups in total. The summed E-state index contributed by atoms with van der Waals surface area (Å²) in [6.45, 7) is 0. The number of furan rings is 1. The van der Waals surface area contributed by atoms with Gasteiger partial charge in [-0.25, -0.2) is 0 Å². The summed E-state index contributed by atoms with van der Waals surface area (Å²) in [5.74, 6) is -3.40. The van der Waals surface area contributed by atoms with Gasteiger partial charge in [0.2, 0.25) is 13.1 Å². The Bertz CT molecular complexity index is 891. The molecule has 0 saturated heterocycles. The van der Waals surface area contributed by atoms with E-state index in [9.17, 15) is 22.0 Å². The Hall–Kier alpha value is -2.55. The van der Waals surface area contributed by atoms with Gasteiger partial charge in [-0.15, -0.1) is 13.2 Å². The molecule has 2 aromatic carbocycles. The number of alkyl halides is 3. The van der Waals surface area contributed by atoms with Crippen molar-refractivity contribution in [2.45, 2.75) is 6.36 Å². The molecule has 3 rings (SSSR count). The molecule has 0 saturated carbocycles. The molecule has 1 heterocycles. The summed E-state index contributed by atoms with van der Waals surface area (Å²) in [5.41, 5.74) is -0.832. The SMILES string of the molecule is COc1ccc2c(oc3c(F)c(OC(F)(F)F)ccc32)c1F.[3H]OC. The average Bonchev–Trinajstić information content (AvgIpc) is 2.91. The number of rotatable bonds is 2. The number of halogens is 5. The van der Waals surface area contributed by atoms with Crippen LogP contribution in [0.4, 0.5) is 22.0 Å². The van der Waals surface area contributed by atoms with Gasteiger partial charge in [-0.05, 0) is 24.3 Å². The van der Waals surface area contributed by atoms with Crippen LogP contribution < -0.4 is 9.47 Å². The zero-order chi connectivity index (χ0) is 18.8. The van der Waals surface area contributed by atoms with E-state index in [4.69, 9.17) is 10.6 Å². The van der Waals surface area contributed by atoms with E-state index in [1.807, 2.05) is 0 Å². The van der Waals surface area contributed by atoms with Crippen molar-refractivity contribution < 1.29 is 41.0 Å². The molecule has 1 aromatic heterocycles. The summed E-state index contributed by atoms with van der Waals surface area (Å²) in [4.78, 5) is 0. The van der Waals surface area contributed by atoms with Crippen molar-refractivity contribution in [2.75, 3.05) is 14.2 Å². The largest absolute Gasteiger partial charge is 0.573 e. The molecule has 3 aromatic rings. The van der Waals surface area contributed by atoms with Crippen molar-refractivity contribution in [1.29, 1.82) is 1.43 Å². The van der Waals surface area contributed by atoms with Crippen molar-refractivity contribution in [3.05, 3.63) is 35.9 Å². The molecule has 0 aliphatic heterocycles. The molecule has 0 atom stereocenters. The number of aliphatic hydroxyl groups is 1. The van der Waals surface area contributed by atoms with Crippen LogP contribution in [0.25, 0.3) is 21.9 Å². The zero-order valence-corrected chi connectivity index (χ0v) is 12.3. The Kier molecular flexibility index (Phi) is 4.43. The minimum absolute atomic E-state index is 0.126. The van der Waals surface area contributed by atoms with Crippen molar-refractivity contribution >= 4 is 21.9 Å². The molecular formula is C15H11F5O4. The Balaban J connectivity index is 0.000000701. The van der Waals surface area contributed by atoms with Crippen LogP contribution in [-0.4, -0.2) is 27.1 Å². The van der Waals surface area contributed by atoms with Crippen LogP contribution in [0.2, 0.25) is 0 Å². The van der Waals surface area contributed by atoms with Gasteiger partial charge < -0.3 is 19.0 Å². The lowest BCUT2D eigenvalue weighted by atomic mass is 10.1. The average molecular weight is 352 g/mol. The molecule has 0 amide bonds. The zero-order valence-electron chi connectivity index (χ0n) is 13.3. The first kappa shape index (κ1) is 16.3. The second kappa shape index (κ2) is 6.52. The van der Waals surface area contributed by atoms with Crippen LogP contribution in [-0.2, 0) is 0 Å². The second-order valence-electron chi connectivity index (χ2n) is 4.36. The van der Waals surface area contributed by atoms with Crippen LogP contribution in [0.5, 0.6) is 11.5 Å². The van der Waals surface area contributed by atoms with Crippen LogP contribution in [0.1, 0.15) is 0 Å². The summed E-state index contributed by atoms with van der Waals surface area (Å²) in [6, 6.07) is 4.71. The maximum Gasteiger partial charge on any atom is 0.573 e. The minimum atomic E-state index is -5.05. The number of methoxy groups -OCH3 is 1. The number of hydrogen-bond donors (Lipinski definition) is 1. The topological polar surface area (TPSA) is 51.8 Å². The van der Waals surface area contributed by atoms with E-state index in [2.05, 4.69) is 9.85 Å². The number of aliphatic hydroxyl groups excluding tert-OH is 1. The van der Waals surface area contributed by atoms with Crippen molar-refractivity contribution in [3.8, 4) is 11.5 Å². The highest BCUT2D eigenvalue weighted by atomic mass is 19.4. The molecule has 0 spiro atoms. The first-order valence-corrected chi connectivity index (χ1v) is 6.35. The Labute approximate surface area is 133 Å². The number of benzene rings is 2. The van der Waals surface area contributed by atoms with Crippen LogP contribution in [0.3, 0.4) is 0 Å². The van der Waals surface area contributed by atoms with Crippen molar-refractivity contribution in [3.63, 3.8) is 0 Å². The summed E-state index contributed by atoms with van der Waals surface area (Å²) >= 11 is 0. The first-order chi connectivity index (χ1) is 11.7. The lowest BCUT2D eigenvalue weighted by Gasteiger charge is -2.09. The summed E-state index contributed by atoms with van der Waals surface area (Å²) in [5, 5.41) is 3.84. The van der Waals surface area contributed by atoms with Crippen LogP contribution in [0.15, 0.2) is 28.7 Å². The molecular weight excluding hydrogens is 339 g/mol. The highest BCUT2D eigenvalue weighted by molar-refractivity contribution is 6.06. The van der Waals surface area contributed by atoms with E-state index < -0.39 is 29.3 Å². The smallest absolute Gasteiger partial charge is 0.494 e. The first-order valence-electron chi connectivity index (χ1n) is 6.76. The third-order valence-electron chi connectivity index (χ3n) is 3.06. The van der Waals surface area contributed by atoms with Gasteiger partial charge in [-0.3, -0.25) is 0 Å². The number of hydrogen-bond acceptors (Lipinski definition) is 4. The molecule has 0 unspecified atom stereocenters. The lowest BCUT2D eigenvalue weighted by Crippen LogP contribution is -2.17. The van der Waals surface area contributed by atoms with Crippen LogP contribution in [0, 0.1) is 11.6 Å². The molecule has 0 radical (unpaired) electrons. The fraction of sp³-hybridized carbons (Fsp3) is 0.200. The van der Waals surface area contributed by atoms with E-state index in [0.717, 1.165) is 12.1 Å². The molecule has 0 bridgehead atoms. The molecule has 130 valence electrons. The van der Waals surface area contributed by atoms with E-state index in [1.54, 1.807) is 0 Å². The number of fused-ring (bicyclic) bond motifs is 3. The molecule has 0 fully saturated rings. The summed E-state index contributed by atoms with van der Waals surface area (Å²) < 4.78 is 83.8. The quantitative estimate of drug-likeness (QED) is 0.696. The predicted octanol–water partition coefficient (Wildman–Crippen LogP) is 4.38. The van der Waals surface area contributed by atoms with Gasteiger partial charge in [0.05, 0.1) is 7.11 Å². The molecule has 9 heteroatoms. The molecule has 4 nitrogen and oxygen atoms in total. The van der Waals surface area contributed by atoms with Crippen LogP contribution >= 0.6 is 0 Å². The molecule has 24 heavy (non-hydrogen) atoms. The lowest BCUT2D eigenvalue weighted by molar-refractivity contribution is -0.275. The highest BCUT2D eigenvalue weighted by Crippen LogP contribution is 2.38. The summed E-state index contributed by atoms with van der Waals surface area (Å²) in [7, 11) is 2.53. The number of ether oxygens (including phenoxy) is 2. The maximum absolute atomic E-state index is 14.1. The predicted molar refractivity (Wildman–Crippen MR) is 75.0 cm³/mol. The fourth-order valence-corrected chi connectivity index (χ4v) is 2.16. The van der Waals surface area contributed by atoms with Gasteiger partial charge >= 0.3 is 6.36 Å². The highest BCUT2D eigenvalue weighted by Gasteiger charge is 2.33. The van der Waals surface area contributed by atoms with Gasteiger partial charge in [0.15, 0.2) is 22.7 Å². The van der Waals surface area contributed by atoms with E-state index in [1.165, 1.54) is 26.4 Å². The van der Waals surface area contributed by atoms with E-state index in [-0.39, 0.29) is 22.1 Å². The fourth-order valence-electron chi connectivity index (χ4n) is 2.16. The third-order valence-corrected chi connectivity index (χ3v) is 3.06. The van der Waals surface area contributed by atoms with Gasteiger partial charge in [-0.1, -0.05) is 0 Å². The van der Waals surface area contributed by atoms with E-state index >= 15 is 0 Å². The maximum atomic E-state index is 14.1. The van der Waals surface area contributed by atoms with E-state index in [0.29, 0.717) is 0 Å². The molecule has 0 aliphatic carbocycles. The minimum Gasteiger partial charge on any atom is -0.494 e. The molecule has 0 aliphatic rings. The van der Waals surface area contributed by atoms with Gasteiger partial charge in [0.25, 0.3) is 0 Å². The van der Waals surface area contributed by atoms with Crippen molar-refractivity contribution in [2.24, 2.45) is 0 Å². The standard InChI is InChI=1S/C14H7F5O3.CH4O/c1-20-8-4-2-6-7-3-5-9(22-14(17,18)19)11(16)13(7)21-12(6)10(8)15;1-2/h2-5H,1H3;2H,1H3/i;2T. The Morgan fingerprint density at radius 3 is 1.92 bits per heavy atom. The van der Waals surface area contributed by atoms with Gasteiger partial charge in [0, 0.05) is 17.9 Å². The second-order valence-corrected chi connectivity index (χ2v) is 4.36. The Morgan fingerprint density at radius 1 is 1.00 bits per heavy atom. The summed E-state index contributed by atoms with van der Waals surface area (Å²) in [6.07, 6.45) is -5.05.